The first-order valence-electron chi connectivity index (χ1n) is 3.91. The number of hydrogen-bond donors (Lipinski definition) is 0. The lowest BCUT2D eigenvalue weighted by Gasteiger charge is -2.03. The molecule has 0 aliphatic heterocycles. The van der Waals surface area contributed by atoms with Crippen molar-refractivity contribution in [1.82, 2.24) is 0 Å². The van der Waals surface area contributed by atoms with Gasteiger partial charge in [-0.15, -0.1) is 0 Å². The number of nitriles is 1. The Balaban J connectivity index is 3.85. The van der Waals surface area contributed by atoms with Crippen molar-refractivity contribution >= 4 is 25.4 Å². The lowest BCUT2D eigenvalue weighted by atomic mass is 10.1. The second-order valence-electron chi connectivity index (χ2n) is 2.91. The molecule has 0 atom stereocenters. The normalized spacial score (nSPS) is 10.8. The van der Waals surface area contributed by atoms with Crippen LogP contribution in [0.15, 0.2) is 17.0 Å². The van der Waals surface area contributed by atoms with Gasteiger partial charge in [-0.3, -0.25) is 10.1 Å². The quantitative estimate of drug-likeness (QED) is 0.457. The second-order valence-corrected chi connectivity index (χ2v) is 5.42. The lowest BCUT2D eigenvalue weighted by Crippen LogP contribution is -2.03. The first kappa shape index (κ1) is 12.4. The van der Waals surface area contributed by atoms with Gasteiger partial charge in [0.05, 0.1) is 4.92 Å². The molecule has 0 aliphatic carbocycles. The predicted molar refractivity (Wildman–Crippen MR) is 55.6 cm³/mol. The van der Waals surface area contributed by atoms with E-state index in [9.17, 15) is 18.5 Å². The first-order chi connectivity index (χ1) is 7.29. The largest absolute Gasteiger partial charge is 0.307 e. The number of hydrogen-bond acceptors (Lipinski definition) is 5. The van der Waals surface area contributed by atoms with Crippen LogP contribution < -0.4 is 0 Å². The summed E-state index contributed by atoms with van der Waals surface area (Å²) in [5, 5.41) is 19.4. The summed E-state index contributed by atoms with van der Waals surface area (Å²) in [7, 11) is 0.838. The van der Waals surface area contributed by atoms with Crippen LogP contribution in [0.1, 0.15) is 11.1 Å². The van der Waals surface area contributed by atoms with Crippen molar-refractivity contribution in [3.63, 3.8) is 0 Å². The van der Waals surface area contributed by atoms with E-state index in [-0.39, 0.29) is 11.1 Å². The molecule has 0 radical (unpaired) electrons. The summed E-state index contributed by atoms with van der Waals surface area (Å²) in [5.41, 5.74) is -0.993. The minimum absolute atomic E-state index is 0.126. The van der Waals surface area contributed by atoms with E-state index in [1.165, 1.54) is 19.1 Å². The van der Waals surface area contributed by atoms with Crippen molar-refractivity contribution in [1.29, 1.82) is 5.26 Å². The molecule has 1 aromatic carbocycles. The highest BCUT2D eigenvalue weighted by Gasteiger charge is 2.29. The van der Waals surface area contributed by atoms with E-state index in [1.54, 1.807) is 6.07 Å². The van der Waals surface area contributed by atoms with Crippen molar-refractivity contribution < 1.29 is 13.3 Å². The predicted octanol–water partition coefficient (Wildman–Crippen LogP) is 1.70. The third-order valence-corrected chi connectivity index (χ3v) is 3.34. The summed E-state index contributed by atoms with van der Waals surface area (Å²) in [4.78, 5) is 9.18. The van der Waals surface area contributed by atoms with Gasteiger partial charge in [0, 0.05) is 10.7 Å². The number of benzene rings is 1. The van der Waals surface area contributed by atoms with Crippen molar-refractivity contribution in [2.24, 2.45) is 0 Å². The average molecular weight is 261 g/mol. The topological polar surface area (TPSA) is 101 Å². The maximum atomic E-state index is 11.2. The zero-order valence-electron chi connectivity index (χ0n) is 7.97. The Morgan fingerprint density at radius 1 is 1.50 bits per heavy atom. The summed E-state index contributed by atoms with van der Waals surface area (Å²) in [6.07, 6.45) is 0. The van der Waals surface area contributed by atoms with Crippen LogP contribution in [0, 0.1) is 28.4 Å². The number of nitrogens with zero attached hydrogens (tertiary/aromatic N) is 2. The number of nitro benzene ring substituents is 1. The third kappa shape index (κ3) is 2.13. The number of nitro groups is 1. The highest BCUT2D eigenvalue weighted by atomic mass is 35.7. The van der Waals surface area contributed by atoms with Crippen LogP contribution >= 0.6 is 10.7 Å². The molecule has 0 saturated carbocycles. The molecule has 0 bridgehead atoms. The molecule has 6 nitrogen and oxygen atoms in total. The van der Waals surface area contributed by atoms with E-state index < -0.39 is 24.6 Å². The van der Waals surface area contributed by atoms with Crippen LogP contribution in [-0.2, 0) is 9.05 Å². The van der Waals surface area contributed by atoms with Gasteiger partial charge in [0.1, 0.15) is 11.6 Å². The van der Waals surface area contributed by atoms with Gasteiger partial charge in [0.15, 0.2) is 4.90 Å². The molecule has 0 N–H and O–H groups in total. The summed E-state index contributed by atoms with van der Waals surface area (Å²) >= 11 is 0. The maximum absolute atomic E-state index is 11.2. The maximum Gasteiger partial charge on any atom is 0.307 e. The average Bonchev–Trinajstić information content (AvgIpc) is 2.15. The molecule has 1 rings (SSSR count). The van der Waals surface area contributed by atoms with Gasteiger partial charge in [0.25, 0.3) is 9.05 Å². The van der Waals surface area contributed by atoms with E-state index in [4.69, 9.17) is 15.9 Å². The van der Waals surface area contributed by atoms with Gasteiger partial charge in [-0.2, -0.15) is 5.26 Å². The van der Waals surface area contributed by atoms with Crippen molar-refractivity contribution in [2.75, 3.05) is 0 Å². The molecule has 0 heterocycles. The summed E-state index contributed by atoms with van der Waals surface area (Å²) in [5.74, 6) is 0. The highest BCUT2D eigenvalue weighted by molar-refractivity contribution is 8.13. The van der Waals surface area contributed by atoms with Crippen molar-refractivity contribution in [3.05, 3.63) is 33.4 Å². The number of rotatable bonds is 2. The van der Waals surface area contributed by atoms with E-state index in [1.807, 2.05) is 0 Å². The Bertz CT molecular complexity index is 603. The molecule has 0 spiro atoms. The smallest absolute Gasteiger partial charge is 0.258 e. The van der Waals surface area contributed by atoms with Crippen LogP contribution in [0.4, 0.5) is 5.69 Å². The standard InChI is InChI=1S/C8H5ClN2O4S/c1-5-2-3-6(4-10)7(11(12)13)8(5)16(9,14)15/h2-3H,1H3. The minimum atomic E-state index is -4.26. The van der Waals surface area contributed by atoms with E-state index >= 15 is 0 Å². The van der Waals surface area contributed by atoms with Crippen LogP contribution in [0.25, 0.3) is 0 Å². The highest BCUT2D eigenvalue weighted by Crippen LogP contribution is 2.32. The minimum Gasteiger partial charge on any atom is -0.258 e. The summed E-state index contributed by atoms with van der Waals surface area (Å²) in [6, 6.07) is 4.02. The van der Waals surface area contributed by atoms with Crippen molar-refractivity contribution in [2.45, 2.75) is 11.8 Å². The van der Waals surface area contributed by atoms with Gasteiger partial charge >= 0.3 is 5.69 Å². The zero-order chi connectivity index (χ0) is 12.5. The van der Waals surface area contributed by atoms with Gasteiger partial charge in [-0.25, -0.2) is 8.42 Å². The fourth-order valence-electron chi connectivity index (χ4n) is 1.25. The molecule has 0 saturated heterocycles. The fourth-order valence-corrected chi connectivity index (χ4v) is 2.70. The summed E-state index contributed by atoms with van der Waals surface area (Å²) in [6.45, 7) is 1.36. The molecule has 0 amide bonds. The van der Waals surface area contributed by atoms with Gasteiger partial charge in [0.2, 0.25) is 0 Å². The molecule has 16 heavy (non-hydrogen) atoms. The molecular formula is C8H5ClN2O4S. The van der Waals surface area contributed by atoms with Crippen LogP contribution in [0.2, 0.25) is 0 Å². The number of halogens is 1. The Morgan fingerprint density at radius 2 is 2.06 bits per heavy atom. The van der Waals surface area contributed by atoms with E-state index in [0.29, 0.717) is 0 Å². The second kappa shape index (κ2) is 4.08. The lowest BCUT2D eigenvalue weighted by molar-refractivity contribution is -0.388. The molecule has 84 valence electrons. The monoisotopic (exact) mass is 260 g/mol. The molecule has 0 aliphatic rings. The third-order valence-electron chi connectivity index (χ3n) is 1.88. The van der Waals surface area contributed by atoms with Crippen LogP contribution in [0.5, 0.6) is 0 Å². The Morgan fingerprint density at radius 3 is 2.44 bits per heavy atom. The molecule has 0 aromatic heterocycles. The molecule has 0 unspecified atom stereocenters. The molecule has 1 aromatic rings. The molecular weight excluding hydrogens is 256 g/mol. The van der Waals surface area contributed by atoms with Crippen LogP contribution in [0.3, 0.4) is 0 Å². The van der Waals surface area contributed by atoms with Gasteiger partial charge in [-0.1, -0.05) is 6.07 Å². The first-order valence-corrected chi connectivity index (χ1v) is 6.22. The Kier molecular flexibility index (Phi) is 3.16. The summed E-state index contributed by atoms with van der Waals surface area (Å²) < 4.78 is 22.4. The Labute approximate surface area is 95.6 Å². The Hall–Kier alpha value is -1.65. The van der Waals surface area contributed by atoms with Gasteiger partial charge < -0.3 is 0 Å². The number of aryl methyl sites for hydroxylation is 1. The van der Waals surface area contributed by atoms with Crippen LogP contribution in [-0.4, -0.2) is 13.3 Å². The molecule has 8 heteroatoms. The van der Waals surface area contributed by atoms with Gasteiger partial charge in [-0.05, 0) is 18.6 Å². The fraction of sp³-hybridized carbons (Fsp3) is 0.125. The van der Waals surface area contributed by atoms with Crippen molar-refractivity contribution in [3.8, 4) is 6.07 Å². The molecule has 0 fully saturated rings. The van der Waals surface area contributed by atoms with E-state index in [0.717, 1.165) is 0 Å². The SMILES string of the molecule is Cc1ccc(C#N)c([N+](=O)[O-])c1S(=O)(=O)Cl. The van der Waals surface area contributed by atoms with E-state index in [2.05, 4.69) is 0 Å². The zero-order valence-corrected chi connectivity index (χ0v) is 9.54.